The van der Waals surface area contributed by atoms with E-state index >= 15 is 0 Å². The molecule has 0 aliphatic heterocycles. The van der Waals surface area contributed by atoms with E-state index in [1.54, 1.807) is 0 Å². The molecule has 0 fully saturated rings. The second-order valence-electron chi connectivity index (χ2n) is 4.65. The van der Waals surface area contributed by atoms with E-state index in [9.17, 15) is 9.90 Å². The van der Waals surface area contributed by atoms with Gasteiger partial charge >= 0.3 is 0 Å². The molecule has 0 radical (unpaired) electrons. The van der Waals surface area contributed by atoms with Gasteiger partial charge in [0.2, 0.25) is 5.91 Å². The molecule has 2 aromatic carbocycles. The number of hydrogen-bond acceptors (Lipinski definition) is 2. The van der Waals surface area contributed by atoms with Crippen LogP contribution >= 0.6 is 23.2 Å². The van der Waals surface area contributed by atoms with Crippen LogP contribution in [0.5, 0.6) is 5.75 Å². The highest BCUT2D eigenvalue weighted by molar-refractivity contribution is 6.37. The number of amides is 1. The van der Waals surface area contributed by atoms with E-state index in [-0.39, 0.29) is 27.6 Å². The summed E-state index contributed by atoms with van der Waals surface area (Å²) < 4.78 is 0. The minimum atomic E-state index is -0.252. The Morgan fingerprint density at radius 1 is 1.19 bits per heavy atom. The maximum absolute atomic E-state index is 12.4. The highest BCUT2D eigenvalue weighted by Crippen LogP contribution is 2.35. The molecule has 0 saturated carbocycles. The van der Waals surface area contributed by atoms with Crippen LogP contribution in [0.1, 0.15) is 24.8 Å². The topological polar surface area (TPSA) is 49.3 Å². The number of hydrogen-bond donors (Lipinski definition) is 2. The lowest BCUT2D eigenvalue weighted by Gasteiger charge is -2.16. The Kier molecular flexibility index (Phi) is 5.10. The molecule has 2 N–H and O–H groups in total. The number of phenols is 1. The van der Waals surface area contributed by atoms with Crippen LogP contribution in [0.3, 0.4) is 0 Å². The van der Waals surface area contributed by atoms with Crippen molar-refractivity contribution >= 4 is 34.8 Å². The van der Waals surface area contributed by atoms with E-state index in [4.69, 9.17) is 23.2 Å². The van der Waals surface area contributed by atoms with Crippen molar-refractivity contribution in [1.29, 1.82) is 0 Å². The van der Waals surface area contributed by atoms with Crippen LogP contribution < -0.4 is 5.32 Å². The number of phenolic OH excluding ortho intramolecular Hbond substituents is 1. The summed E-state index contributed by atoms with van der Waals surface area (Å²) in [5.41, 5.74) is 1.41. The molecule has 0 aliphatic rings. The molecule has 5 heteroatoms. The molecule has 110 valence electrons. The summed E-state index contributed by atoms with van der Waals surface area (Å²) in [6, 6.07) is 12.5. The van der Waals surface area contributed by atoms with Crippen molar-refractivity contribution in [3.8, 4) is 5.75 Å². The molecule has 2 aromatic rings. The minimum absolute atomic E-state index is 0.102. The van der Waals surface area contributed by atoms with Crippen LogP contribution in [-0.2, 0) is 4.79 Å². The first-order valence-corrected chi connectivity index (χ1v) is 7.32. The number of carbonyl (C=O) groups excluding carboxylic acids is 1. The number of anilines is 1. The lowest BCUT2D eigenvalue weighted by atomic mass is 9.95. The Hall–Kier alpha value is -1.71. The molecule has 1 amide bonds. The Morgan fingerprint density at radius 3 is 2.29 bits per heavy atom. The van der Waals surface area contributed by atoms with Crippen molar-refractivity contribution in [3.63, 3.8) is 0 Å². The van der Waals surface area contributed by atoms with Gasteiger partial charge in [-0.3, -0.25) is 4.79 Å². The van der Waals surface area contributed by atoms with Gasteiger partial charge in [0.05, 0.1) is 16.0 Å². The van der Waals surface area contributed by atoms with E-state index in [0.717, 1.165) is 5.56 Å². The smallest absolute Gasteiger partial charge is 0.231 e. The molecular weight excluding hydrogens is 309 g/mol. The molecule has 0 saturated heterocycles. The predicted molar refractivity (Wildman–Crippen MR) is 86.2 cm³/mol. The van der Waals surface area contributed by atoms with Crippen molar-refractivity contribution < 1.29 is 9.90 Å². The van der Waals surface area contributed by atoms with Crippen molar-refractivity contribution in [2.45, 2.75) is 19.3 Å². The zero-order valence-corrected chi connectivity index (χ0v) is 12.9. The third-order valence-corrected chi connectivity index (χ3v) is 3.79. The summed E-state index contributed by atoms with van der Waals surface area (Å²) in [7, 11) is 0. The van der Waals surface area contributed by atoms with Crippen molar-refractivity contribution in [3.05, 3.63) is 58.1 Å². The van der Waals surface area contributed by atoms with Gasteiger partial charge in [0.15, 0.2) is 5.75 Å². The first-order valence-electron chi connectivity index (χ1n) is 6.56. The third kappa shape index (κ3) is 3.69. The van der Waals surface area contributed by atoms with Crippen molar-refractivity contribution in [2.75, 3.05) is 5.32 Å². The van der Waals surface area contributed by atoms with Crippen LogP contribution in [0.2, 0.25) is 10.0 Å². The van der Waals surface area contributed by atoms with Crippen molar-refractivity contribution in [1.82, 2.24) is 0 Å². The van der Waals surface area contributed by atoms with Gasteiger partial charge in [0.1, 0.15) is 0 Å². The average Bonchev–Trinajstić information content (AvgIpc) is 2.46. The SMILES string of the molecule is CCC(C(=O)Nc1cc(Cl)c(O)c(Cl)c1)c1ccccc1. The molecule has 0 bridgehead atoms. The van der Waals surface area contributed by atoms with E-state index in [1.807, 2.05) is 37.3 Å². The lowest BCUT2D eigenvalue weighted by Crippen LogP contribution is -2.20. The third-order valence-electron chi connectivity index (χ3n) is 3.21. The van der Waals surface area contributed by atoms with Gasteiger partial charge in [-0.15, -0.1) is 0 Å². The zero-order valence-electron chi connectivity index (χ0n) is 11.4. The normalized spacial score (nSPS) is 12.0. The molecule has 0 heterocycles. The summed E-state index contributed by atoms with van der Waals surface area (Å²) in [6.45, 7) is 1.95. The van der Waals surface area contributed by atoms with Crippen LogP contribution in [0.4, 0.5) is 5.69 Å². The van der Waals surface area contributed by atoms with Crippen molar-refractivity contribution in [2.24, 2.45) is 0 Å². The number of nitrogens with one attached hydrogen (secondary N) is 1. The maximum atomic E-state index is 12.4. The number of aromatic hydroxyl groups is 1. The second-order valence-corrected chi connectivity index (χ2v) is 5.46. The molecule has 1 atom stereocenters. The average molecular weight is 324 g/mol. The minimum Gasteiger partial charge on any atom is -0.505 e. The fourth-order valence-corrected chi connectivity index (χ4v) is 2.61. The predicted octanol–water partition coefficient (Wildman–Crippen LogP) is 4.83. The number of benzene rings is 2. The molecule has 1 unspecified atom stereocenters. The van der Waals surface area contributed by atoms with Crippen LogP contribution in [0.15, 0.2) is 42.5 Å². The Bertz CT molecular complexity index is 621. The first kappa shape index (κ1) is 15.7. The number of carbonyl (C=O) groups is 1. The zero-order chi connectivity index (χ0) is 15.4. The quantitative estimate of drug-likeness (QED) is 0.791. The molecule has 0 aliphatic carbocycles. The first-order chi connectivity index (χ1) is 10.0. The van der Waals surface area contributed by atoms with Crippen LogP contribution in [-0.4, -0.2) is 11.0 Å². The summed E-state index contributed by atoms with van der Waals surface area (Å²) in [5, 5.41) is 12.5. The van der Waals surface area contributed by atoms with Crippen LogP contribution in [0, 0.1) is 0 Å². The number of halogens is 2. The Morgan fingerprint density at radius 2 is 1.76 bits per heavy atom. The second kappa shape index (κ2) is 6.83. The Labute approximate surface area is 133 Å². The molecule has 0 aromatic heterocycles. The van der Waals surface area contributed by atoms with Gasteiger partial charge in [-0.1, -0.05) is 60.5 Å². The summed E-state index contributed by atoms with van der Waals surface area (Å²) in [5.74, 6) is -0.578. The monoisotopic (exact) mass is 323 g/mol. The molecular formula is C16H15Cl2NO2. The van der Waals surface area contributed by atoms with E-state index in [2.05, 4.69) is 5.32 Å². The highest BCUT2D eigenvalue weighted by Gasteiger charge is 2.19. The fourth-order valence-electron chi connectivity index (χ4n) is 2.12. The Balaban J connectivity index is 2.21. The lowest BCUT2D eigenvalue weighted by molar-refractivity contribution is -0.117. The highest BCUT2D eigenvalue weighted by atomic mass is 35.5. The van der Waals surface area contributed by atoms with E-state index < -0.39 is 0 Å². The number of rotatable bonds is 4. The largest absolute Gasteiger partial charge is 0.505 e. The van der Waals surface area contributed by atoms with Gasteiger partial charge in [-0.2, -0.15) is 0 Å². The molecule has 2 rings (SSSR count). The molecule has 21 heavy (non-hydrogen) atoms. The summed E-state index contributed by atoms with van der Waals surface area (Å²) in [4.78, 5) is 12.4. The molecule has 0 spiro atoms. The fraction of sp³-hybridized carbons (Fsp3) is 0.188. The van der Waals surface area contributed by atoms with E-state index in [1.165, 1.54) is 12.1 Å². The standard InChI is InChI=1S/C16H15Cl2NO2/c1-2-12(10-6-4-3-5-7-10)16(21)19-11-8-13(17)15(20)14(18)9-11/h3-9,12,20H,2H2,1H3,(H,19,21). The van der Waals surface area contributed by atoms with Gasteiger partial charge in [0.25, 0.3) is 0 Å². The maximum Gasteiger partial charge on any atom is 0.231 e. The summed E-state index contributed by atoms with van der Waals surface area (Å²) >= 11 is 11.7. The van der Waals surface area contributed by atoms with Gasteiger partial charge in [-0.25, -0.2) is 0 Å². The van der Waals surface area contributed by atoms with Gasteiger partial charge < -0.3 is 10.4 Å². The molecule has 3 nitrogen and oxygen atoms in total. The van der Waals surface area contributed by atoms with Gasteiger partial charge in [0, 0.05) is 5.69 Å². The summed E-state index contributed by atoms with van der Waals surface area (Å²) in [6.07, 6.45) is 0.676. The van der Waals surface area contributed by atoms with Gasteiger partial charge in [-0.05, 0) is 24.1 Å². The van der Waals surface area contributed by atoms with Crippen LogP contribution in [0.25, 0.3) is 0 Å². The van der Waals surface area contributed by atoms with E-state index in [0.29, 0.717) is 12.1 Å².